The van der Waals surface area contributed by atoms with Crippen molar-refractivity contribution in [3.8, 4) is 5.75 Å². The maximum atomic E-state index is 11.8. The van der Waals surface area contributed by atoms with E-state index in [2.05, 4.69) is 14.9 Å². The Balaban J connectivity index is 1.78. The number of aromatic nitrogens is 3. The molecule has 0 saturated carbocycles. The van der Waals surface area contributed by atoms with Crippen LogP contribution >= 0.6 is 0 Å². The van der Waals surface area contributed by atoms with Crippen molar-refractivity contribution in [2.45, 2.75) is 6.54 Å². The topological polar surface area (TPSA) is 112 Å². The van der Waals surface area contributed by atoms with E-state index in [1.807, 2.05) is 0 Å². The summed E-state index contributed by atoms with van der Waals surface area (Å²) in [6.45, 7) is 0.152. The van der Waals surface area contributed by atoms with Crippen LogP contribution in [0.3, 0.4) is 0 Å². The summed E-state index contributed by atoms with van der Waals surface area (Å²) >= 11 is 0. The highest BCUT2D eigenvalue weighted by Gasteiger charge is 2.12. The minimum atomic E-state index is -3.43. The van der Waals surface area contributed by atoms with Gasteiger partial charge in [-0.25, -0.2) is 13.1 Å². The Kier molecular flexibility index (Phi) is 4.76. The molecule has 0 unspecified atom stereocenters. The molecule has 1 aromatic heterocycles. The fourth-order valence-electron chi connectivity index (χ4n) is 1.55. The van der Waals surface area contributed by atoms with E-state index < -0.39 is 10.0 Å². The predicted molar refractivity (Wildman–Crippen MR) is 78.0 cm³/mol. The van der Waals surface area contributed by atoms with E-state index >= 15 is 0 Å². The SMILES string of the molecule is Cn1cnnc1CNS(=O)(=O)CCOc1ccc(N)cc1. The highest BCUT2D eigenvalue weighted by atomic mass is 32.2. The number of benzene rings is 1. The van der Waals surface area contributed by atoms with Gasteiger partial charge in [0.25, 0.3) is 0 Å². The minimum absolute atomic E-state index is 0.0536. The monoisotopic (exact) mass is 311 g/mol. The molecule has 0 bridgehead atoms. The summed E-state index contributed by atoms with van der Waals surface area (Å²) in [4.78, 5) is 0. The minimum Gasteiger partial charge on any atom is -0.492 e. The van der Waals surface area contributed by atoms with Crippen LogP contribution in [0, 0.1) is 0 Å². The van der Waals surface area contributed by atoms with Gasteiger partial charge in [0.2, 0.25) is 10.0 Å². The van der Waals surface area contributed by atoms with Gasteiger partial charge in [0.1, 0.15) is 24.5 Å². The van der Waals surface area contributed by atoms with Crippen LogP contribution in [0.5, 0.6) is 5.75 Å². The molecule has 0 fully saturated rings. The van der Waals surface area contributed by atoms with Crippen molar-refractivity contribution in [1.29, 1.82) is 0 Å². The maximum Gasteiger partial charge on any atom is 0.215 e. The van der Waals surface area contributed by atoms with Crippen molar-refractivity contribution >= 4 is 15.7 Å². The number of nitrogens with one attached hydrogen (secondary N) is 1. The number of hydrogen-bond donors (Lipinski definition) is 2. The lowest BCUT2D eigenvalue weighted by atomic mass is 10.3. The molecule has 0 aliphatic rings. The summed E-state index contributed by atoms with van der Waals surface area (Å²) < 4.78 is 33.1. The molecule has 1 heterocycles. The van der Waals surface area contributed by atoms with E-state index in [-0.39, 0.29) is 18.9 Å². The number of sulfonamides is 1. The van der Waals surface area contributed by atoms with Gasteiger partial charge in [-0.3, -0.25) is 0 Å². The summed E-state index contributed by atoms with van der Waals surface area (Å²) in [5, 5.41) is 7.47. The van der Waals surface area contributed by atoms with E-state index in [0.29, 0.717) is 17.3 Å². The van der Waals surface area contributed by atoms with E-state index in [1.165, 1.54) is 6.33 Å². The maximum absolute atomic E-state index is 11.8. The standard InChI is InChI=1S/C12H17N5O3S/c1-17-9-14-16-12(17)8-15-21(18,19)7-6-20-11-4-2-10(13)3-5-11/h2-5,9,15H,6-8,13H2,1H3. The number of nitrogens with two attached hydrogens (primary N) is 1. The van der Waals surface area contributed by atoms with Crippen molar-refractivity contribution < 1.29 is 13.2 Å². The van der Waals surface area contributed by atoms with Gasteiger partial charge in [0, 0.05) is 12.7 Å². The second-order valence-electron chi connectivity index (χ2n) is 4.42. The second kappa shape index (κ2) is 6.55. The van der Waals surface area contributed by atoms with Crippen LogP contribution in [0.2, 0.25) is 0 Å². The molecule has 21 heavy (non-hydrogen) atoms. The average molecular weight is 311 g/mol. The predicted octanol–water partition coefficient (Wildman–Crippen LogP) is -0.104. The van der Waals surface area contributed by atoms with Crippen molar-refractivity contribution in [2.75, 3.05) is 18.1 Å². The number of anilines is 1. The highest BCUT2D eigenvalue weighted by Crippen LogP contribution is 2.12. The van der Waals surface area contributed by atoms with Crippen LogP contribution in [0.25, 0.3) is 0 Å². The lowest BCUT2D eigenvalue weighted by molar-refractivity contribution is 0.340. The molecule has 8 nitrogen and oxygen atoms in total. The van der Waals surface area contributed by atoms with Crippen molar-refractivity contribution in [2.24, 2.45) is 7.05 Å². The first-order chi connectivity index (χ1) is 9.96. The van der Waals surface area contributed by atoms with Gasteiger partial charge in [0.05, 0.1) is 12.3 Å². The van der Waals surface area contributed by atoms with E-state index in [0.717, 1.165) is 0 Å². The van der Waals surface area contributed by atoms with Crippen LogP contribution in [-0.4, -0.2) is 35.5 Å². The van der Waals surface area contributed by atoms with Gasteiger partial charge in [0.15, 0.2) is 0 Å². The quantitative estimate of drug-likeness (QED) is 0.690. The van der Waals surface area contributed by atoms with Crippen LogP contribution in [-0.2, 0) is 23.6 Å². The molecule has 0 aliphatic heterocycles. The van der Waals surface area contributed by atoms with E-state index in [4.69, 9.17) is 10.5 Å². The zero-order valence-corrected chi connectivity index (χ0v) is 12.4. The van der Waals surface area contributed by atoms with E-state index in [9.17, 15) is 8.42 Å². The normalized spacial score (nSPS) is 11.5. The lowest BCUT2D eigenvalue weighted by Gasteiger charge is -2.08. The van der Waals surface area contributed by atoms with Crippen LogP contribution in [0.4, 0.5) is 5.69 Å². The lowest BCUT2D eigenvalue weighted by Crippen LogP contribution is -2.29. The summed E-state index contributed by atoms with van der Waals surface area (Å²) in [5.41, 5.74) is 6.17. The van der Waals surface area contributed by atoms with Gasteiger partial charge in [-0.2, -0.15) is 0 Å². The van der Waals surface area contributed by atoms with Gasteiger partial charge < -0.3 is 15.0 Å². The molecular formula is C12H17N5O3S. The molecule has 0 spiro atoms. The largest absolute Gasteiger partial charge is 0.492 e. The zero-order chi connectivity index (χ0) is 15.3. The molecule has 0 radical (unpaired) electrons. The van der Waals surface area contributed by atoms with Crippen molar-refractivity contribution in [3.05, 3.63) is 36.4 Å². The molecule has 0 atom stereocenters. The number of aryl methyl sites for hydroxylation is 1. The van der Waals surface area contributed by atoms with Crippen LogP contribution in [0.1, 0.15) is 5.82 Å². The molecule has 2 rings (SSSR count). The number of nitrogens with zero attached hydrogens (tertiary/aromatic N) is 3. The smallest absolute Gasteiger partial charge is 0.215 e. The summed E-state index contributed by atoms with van der Waals surface area (Å²) in [6.07, 6.45) is 1.51. The fourth-order valence-corrected chi connectivity index (χ4v) is 2.34. The van der Waals surface area contributed by atoms with Gasteiger partial charge >= 0.3 is 0 Å². The molecule has 1 aromatic carbocycles. The van der Waals surface area contributed by atoms with E-state index in [1.54, 1.807) is 35.9 Å². The molecule has 0 amide bonds. The number of nitrogen functional groups attached to an aromatic ring is 1. The molecule has 0 saturated heterocycles. The molecule has 0 aliphatic carbocycles. The average Bonchev–Trinajstić information content (AvgIpc) is 2.84. The molecule has 3 N–H and O–H groups in total. The third kappa shape index (κ3) is 4.72. The highest BCUT2D eigenvalue weighted by molar-refractivity contribution is 7.89. The second-order valence-corrected chi connectivity index (χ2v) is 6.34. The molecular weight excluding hydrogens is 294 g/mol. The summed E-state index contributed by atoms with van der Waals surface area (Å²) in [5.74, 6) is 0.973. The number of rotatable bonds is 7. The van der Waals surface area contributed by atoms with Crippen molar-refractivity contribution in [1.82, 2.24) is 19.5 Å². The first-order valence-electron chi connectivity index (χ1n) is 6.25. The molecule has 9 heteroatoms. The Morgan fingerprint density at radius 3 is 2.67 bits per heavy atom. The zero-order valence-electron chi connectivity index (χ0n) is 11.6. The Labute approximate surface area is 123 Å². The first kappa shape index (κ1) is 15.3. The Morgan fingerprint density at radius 1 is 1.33 bits per heavy atom. The van der Waals surface area contributed by atoms with Gasteiger partial charge in [-0.15, -0.1) is 10.2 Å². The Hall–Kier alpha value is -2.13. The van der Waals surface area contributed by atoms with Crippen molar-refractivity contribution in [3.63, 3.8) is 0 Å². The third-order valence-corrected chi connectivity index (χ3v) is 4.04. The first-order valence-corrected chi connectivity index (χ1v) is 7.90. The fraction of sp³-hybridized carbons (Fsp3) is 0.333. The number of hydrogen-bond acceptors (Lipinski definition) is 6. The Bertz CT molecular complexity index is 681. The number of ether oxygens (including phenoxy) is 1. The summed E-state index contributed by atoms with van der Waals surface area (Å²) in [7, 11) is -1.69. The summed E-state index contributed by atoms with van der Waals surface area (Å²) in [6, 6.07) is 6.76. The van der Waals surface area contributed by atoms with Crippen LogP contribution < -0.4 is 15.2 Å². The Morgan fingerprint density at radius 2 is 2.05 bits per heavy atom. The third-order valence-electron chi connectivity index (χ3n) is 2.76. The van der Waals surface area contributed by atoms with Gasteiger partial charge in [-0.1, -0.05) is 0 Å². The van der Waals surface area contributed by atoms with Gasteiger partial charge in [-0.05, 0) is 24.3 Å². The molecule has 2 aromatic rings. The van der Waals surface area contributed by atoms with Crippen LogP contribution in [0.15, 0.2) is 30.6 Å². The molecule has 114 valence electrons.